The summed E-state index contributed by atoms with van der Waals surface area (Å²) in [6, 6.07) is 19.1. The third kappa shape index (κ3) is 3.29. The molecule has 3 atom stereocenters. The number of likely N-dealkylation sites (tertiary alicyclic amines) is 1. The monoisotopic (exact) mass is 349 g/mol. The molecule has 5 heteroatoms. The first-order valence-corrected chi connectivity index (χ1v) is 8.93. The van der Waals surface area contributed by atoms with Crippen molar-refractivity contribution in [3.63, 3.8) is 0 Å². The molecule has 3 rings (SSSR count). The van der Waals surface area contributed by atoms with Gasteiger partial charge in [0.05, 0.1) is 18.7 Å². The minimum Gasteiger partial charge on any atom is -0.394 e. The van der Waals surface area contributed by atoms with E-state index in [2.05, 4.69) is 11.4 Å². The van der Waals surface area contributed by atoms with Gasteiger partial charge in [0.25, 0.3) is 0 Å². The Hall–Kier alpha value is -2.84. The average Bonchev–Trinajstić information content (AvgIpc) is 2.67. The molecule has 0 aliphatic carbocycles. The SMILES string of the molecule is CCCNC(=O)N1[C@H](C#N)[C@H](c2ccc(-c3ccccc3)cc2)[C@H]1CO. The molecular formula is C21H23N3O2. The van der Waals surface area contributed by atoms with Crippen molar-refractivity contribution in [2.45, 2.75) is 31.3 Å². The number of carbonyl (C=O) groups is 1. The molecule has 2 N–H and O–H groups in total. The van der Waals surface area contributed by atoms with Gasteiger partial charge in [-0.15, -0.1) is 0 Å². The Morgan fingerprint density at radius 3 is 2.38 bits per heavy atom. The van der Waals surface area contributed by atoms with Crippen molar-refractivity contribution in [1.82, 2.24) is 10.2 Å². The first-order valence-electron chi connectivity index (χ1n) is 8.93. The van der Waals surface area contributed by atoms with Gasteiger partial charge in [-0.1, -0.05) is 61.5 Å². The molecule has 2 amide bonds. The highest BCUT2D eigenvalue weighted by atomic mass is 16.3. The molecule has 1 heterocycles. The number of hydrogen-bond donors (Lipinski definition) is 2. The molecule has 1 fully saturated rings. The molecule has 1 aliphatic rings. The highest BCUT2D eigenvalue weighted by molar-refractivity contribution is 5.77. The molecule has 0 radical (unpaired) electrons. The number of nitriles is 1. The fourth-order valence-corrected chi connectivity index (χ4v) is 3.54. The second kappa shape index (κ2) is 8.03. The third-order valence-corrected chi connectivity index (χ3v) is 4.89. The summed E-state index contributed by atoms with van der Waals surface area (Å²) in [6.07, 6.45) is 0.824. The maximum Gasteiger partial charge on any atom is 0.318 e. The minimum absolute atomic E-state index is 0.164. The number of carbonyl (C=O) groups excluding carboxylic acids is 1. The summed E-state index contributed by atoms with van der Waals surface area (Å²) in [5.74, 6) is -0.179. The van der Waals surface area contributed by atoms with Gasteiger partial charge in [0, 0.05) is 12.5 Å². The molecule has 1 aliphatic heterocycles. The average molecular weight is 349 g/mol. The predicted octanol–water partition coefficient (Wildman–Crippen LogP) is 3.13. The zero-order valence-electron chi connectivity index (χ0n) is 14.8. The molecule has 134 valence electrons. The van der Waals surface area contributed by atoms with Crippen molar-refractivity contribution in [2.24, 2.45) is 0 Å². The summed E-state index contributed by atoms with van der Waals surface area (Å²) in [7, 11) is 0. The van der Waals surface area contributed by atoms with Gasteiger partial charge < -0.3 is 15.3 Å². The van der Waals surface area contributed by atoms with Gasteiger partial charge in [-0.2, -0.15) is 5.26 Å². The van der Waals surface area contributed by atoms with Crippen LogP contribution in [0.3, 0.4) is 0 Å². The quantitative estimate of drug-likeness (QED) is 0.871. The van der Waals surface area contributed by atoms with Crippen LogP contribution >= 0.6 is 0 Å². The van der Waals surface area contributed by atoms with E-state index in [0.717, 1.165) is 23.1 Å². The number of nitrogens with one attached hydrogen (secondary N) is 1. The standard InChI is InChI=1S/C21H23N3O2/c1-2-12-23-21(26)24-18(13-22)20(19(24)14-25)17-10-8-16(9-11-17)15-6-4-3-5-7-15/h3-11,18-20,25H,2,12,14H2,1H3,(H,23,26)/t18-,19-,20+/m1/s1. The lowest BCUT2D eigenvalue weighted by atomic mass is 9.76. The van der Waals surface area contributed by atoms with E-state index in [4.69, 9.17) is 0 Å². The summed E-state index contributed by atoms with van der Waals surface area (Å²) >= 11 is 0. The summed E-state index contributed by atoms with van der Waals surface area (Å²) in [4.78, 5) is 13.8. The second-order valence-corrected chi connectivity index (χ2v) is 6.48. The molecule has 2 aromatic rings. The van der Waals surface area contributed by atoms with Crippen LogP contribution in [-0.4, -0.2) is 41.3 Å². The van der Waals surface area contributed by atoms with Gasteiger partial charge in [0.2, 0.25) is 0 Å². The normalized spacial score (nSPS) is 21.6. The van der Waals surface area contributed by atoms with E-state index in [0.29, 0.717) is 6.54 Å². The fourth-order valence-electron chi connectivity index (χ4n) is 3.54. The molecule has 26 heavy (non-hydrogen) atoms. The van der Waals surface area contributed by atoms with Crippen molar-refractivity contribution >= 4 is 6.03 Å². The Bertz CT molecular complexity index is 783. The number of hydrogen-bond acceptors (Lipinski definition) is 3. The van der Waals surface area contributed by atoms with Crippen molar-refractivity contribution in [1.29, 1.82) is 5.26 Å². The van der Waals surface area contributed by atoms with Gasteiger partial charge >= 0.3 is 6.03 Å². The number of urea groups is 1. The van der Waals surface area contributed by atoms with Crippen LogP contribution < -0.4 is 5.32 Å². The van der Waals surface area contributed by atoms with E-state index >= 15 is 0 Å². The van der Waals surface area contributed by atoms with Gasteiger partial charge in [0.1, 0.15) is 6.04 Å². The topological polar surface area (TPSA) is 76.4 Å². The molecule has 0 spiro atoms. The first kappa shape index (κ1) is 18.0. The molecule has 0 bridgehead atoms. The fraction of sp³-hybridized carbons (Fsp3) is 0.333. The summed E-state index contributed by atoms with van der Waals surface area (Å²) < 4.78 is 0. The van der Waals surface area contributed by atoms with Gasteiger partial charge in [-0.05, 0) is 23.1 Å². The summed E-state index contributed by atoms with van der Waals surface area (Å²) in [5.41, 5.74) is 3.19. The van der Waals surface area contributed by atoms with Crippen LogP contribution in [-0.2, 0) is 0 Å². The maximum atomic E-state index is 12.3. The van der Waals surface area contributed by atoms with E-state index in [1.165, 1.54) is 4.90 Å². The lowest BCUT2D eigenvalue weighted by molar-refractivity contribution is 0.0169. The number of amides is 2. The lowest BCUT2D eigenvalue weighted by Crippen LogP contribution is -2.67. The van der Waals surface area contributed by atoms with E-state index in [1.54, 1.807) is 0 Å². The Morgan fingerprint density at radius 1 is 1.15 bits per heavy atom. The van der Waals surface area contributed by atoms with E-state index in [-0.39, 0.29) is 24.6 Å². The van der Waals surface area contributed by atoms with Gasteiger partial charge in [-0.3, -0.25) is 0 Å². The van der Waals surface area contributed by atoms with Gasteiger partial charge in [0.15, 0.2) is 0 Å². The van der Waals surface area contributed by atoms with Crippen molar-refractivity contribution in [3.8, 4) is 17.2 Å². The number of aliphatic hydroxyl groups excluding tert-OH is 1. The van der Waals surface area contributed by atoms with Gasteiger partial charge in [-0.25, -0.2) is 4.79 Å². The number of benzene rings is 2. The van der Waals surface area contributed by atoms with Crippen LogP contribution in [0.25, 0.3) is 11.1 Å². The second-order valence-electron chi connectivity index (χ2n) is 6.48. The van der Waals surface area contributed by atoms with Crippen LogP contribution in [0.5, 0.6) is 0 Å². The van der Waals surface area contributed by atoms with E-state index < -0.39 is 6.04 Å². The van der Waals surface area contributed by atoms with Crippen LogP contribution in [0.15, 0.2) is 54.6 Å². The number of nitrogens with zero attached hydrogens (tertiary/aromatic N) is 2. The summed E-state index contributed by atoms with van der Waals surface area (Å²) in [5, 5.41) is 22.1. The van der Waals surface area contributed by atoms with Crippen molar-refractivity contribution in [2.75, 3.05) is 13.2 Å². The number of aliphatic hydroxyl groups is 1. The van der Waals surface area contributed by atoms with E-state index in [1.807, 2.05) is 61.5 Å². The zero-order valence-corrected chi connectivity index (χ0v) is 14.8. The van der Waals surface area contributed by atoms with Crippen LogP contribution in [0, 0.1) is 11.3 Å². The Labute approximate surface area is 153 Å². The highest BCUT2D eigenvalue weighted by Gasteiger charge is 2.51. The lowest BCUT2D eigenvalue weighted by Gasteiger charge is -2.51. The minimum atomic E-state index is -0.563. The van der Waals surface area contributed by atoms with E-state index in [9.17, 15) is 15.2 Å². The Morgan fingerprint density at radius 2 is 1.81 bits per heavy atom. The number of rotatable bonds is 5. The van der Waals surface area contributed by atoms with Crippen LogP contribution in [0.2, 0.25) is 0 Å². The highest BCUT2D eigenvalue weighted by Crippen LogP contribution is 2.40. The molecule has 5 nitrogen and oxygen atoms in total. The third-order valence-electron chi connectivity index (χ3n) is 4.89. The Balaban J connectivity index is 1.80. The van der Waals surface area contributed by atoms with Crippen molar-refractivity contribution in [3.05, 3.63) is 60.2 Å². The zero-order chi connectivity index (χ0) is 18.5. The first-order chi connectivity index (χ1) is 12.7. The molecule has 0 saturated carbocycles. The molecule has 2 aromatic carbocycles. The Kier molecular flexibility index (Phi) is 5.55. The maximum absolute atomic E-state index is 12.3. The van der Waals surface area contributed by atoms with Crippen molar-refractivity contribution < 1.29 is 9.90 Å². The predicted molar refractivity (Wildman–Crippen MR) is 100 cm³/mol. The van der Waals surface area contributed by atoms with Crippen LogP contribution in [0.4, 0.5) is 4.79 Å². The smallest absolute Gasteiger partial charge is 0.318 e. The summed E-state index contributed by atoms with van der Waals surface area (Å²) in [6.45, 7) is 2.36. The molecule has 1 saturated heterocycles. The molecule has 0 aromatic heterocycles. The molecular weight excluding hydrogens is 326 g/mol. The molecule has 0 unspecified atom stereocenters. The van der Waals surface area contributed by atoms with Crippen LogP contribution in [0.1, 0.15) is 24.8 Å². The largest absolute Gasteiger partial charge is 0.394 e.